The molecule has 0 amide bonds. The van der Waals surface area contributed by atoms with Crippen molar-refractivity contribution in [2.75, 3.05) is 12.4 Å². The molecule has 0 atom stereocenters. The second kappa shape index (κ2) is 6.77. The van der Waals surface area contributed by atoms with Crippen molar-refractivity contribution < 1.29 is 4.74 Å². The van der Waals surface area contributed by atoms with Crippen LogP contribution in [-0.4, -0.2) is 30.0 Å². The Morgan fingerprint density at radius 2 is 2.18 bits per heavy atom. The van der Waals surface area contributed by atoms with Crippen LogP contribution < -0.4 is 0 Å². The third-order valence-corrected chi connectivity index (χ3v) is 6.88. The molecule has 1 aliphatic carbocycles. The molecule has 3 nitrogen and oxygen atoms in total. The van der Waals surface area contributed by atoms with Crippen LogP contribution in [0.15, 0.2) is 29.4 Å². The number of pyridine rings is 1. The minimum atomic E-state index is -1.01. The molecule has 5 heteroatoms. The Morgan fingerprint density at radius 1 is 1.36 bits per heavy atom. The Hall–Kier alpha value is -0.783. The van der Waals surface area contributed by atoms with Crippen molar-refractivity contribution in [2.24, 2.45) is 5.92 Å². The largest absolute Gasteiger partial charge is 0.361 e. The van der Waals surface area contributed by atoms with Gasteiger partial charge in [-0.05, 0) is 36.9 Å². The smallest absolute Gasteiger partial charge is 0.141 e. The number of hydrogen-bond acceptors (Lipinski definition) is 3. The molecule has 0 saturated heterocycles. The lowest BCUT2D eigenvalue weighted by Gasteiger charge is -2.15. The van der Waals surface area contributed by atoms with E-state index in [1.165, 1.54) is 34.9 Å². The molecule has 3 rings (SSSR count). The van der Waals surface area contributed by atoms with Gasteiger partial charge in [-0.1, -0.05) is 19.6 Å². The number of aromatic nitrogens is 2. The summed E-state index contributed by atoms with van der Waals surface area (Å²) in [7, 11) is -1.01. The Bertz CT molecular complexity index is 631. The van der Waals surface area contributed by atoms with E-state index in [0.29, 0.717) is 6.73 Å². The van der Waals surface area contributed by atoms with Crippen molar-refractivity contribution in [3.05, 3.63) is 24.5 Å². The molecule has 0 unspecified atom stereocenters. The zero-order chi connectivity index (χ0) is 15.6. The summed E-state index contributed by atoms with van der Waals surface area (Å²) in [5.41, 5.74) is 1.03. The highest BCUT2D eigenvalue weighted by molar-refractivity contribution is 7.99. The van der Waals surface area contributed by atoms with E-state index in [2.05, 4.69) is 47.5 Å². The molecular weight excluding hydrogens is 308 g/mol. The molecule has 0 radical (unpaired) electrons. The summed E-state index contributed by atoms with van der Waals surface area (Å²) in [4.78, 5) is 5.93. The van der Waals surface area contributed by atoms with Crippen LogP contribution in [0.1, 0.15) is 12.8 Å². The topological polar surface area (TPSA) is 27.1 Å². The number of thioether (sulfide) groups is 1. The van der Waals surface area contributed by atoms with E-state index < -0.39 is 8.07 Å². The summed E-state index contributed by atoms with van der Waals surface area (Å²) in [5.74, 6) is 2.19. The van der Waals surface area contributed by atoms with Crippen LogP contribution >= 0.6 is 11.8 Å². The maximum Gasteiger partial charge on any atom is 0.141 e. The van der Waals surface area contributed by atoms with Gasteiger partial charge < -0.3 is 9.30 Å². The maximum atomic E-state index is 5.83. The lowest BCUT2D eigenvalue weighted by Crippen LogP contribution is -2.22. The van der Waals surface area contributed by atoms with Gasteiger partial charge in [-0.15, -0.1) is 11.8 Å². The van der Waals surface area contributed by atoms with Crippen LogP contribution in [0.25, 0.3) is 11.0 Å². The van der Waals surface area contributed by atoms with E-state index in [4.69, 9.17) is 4.74 Å². The summed E-state index contributed by atoms with van der Waals surface area (Å²) in [5, 5.41) is 1.22. The standard InChI is InChI=1S/C17H26N2OSSi/c1-22(2,3)9-8-20-13-19-7-6-15-10-16(11-18-17(15)19)21-12-14-4-5-14/h6-7,10-11,14H,4-5,8-9,12-13H2,1-3H3. The quantitative estimate of drug-likeness (QED) is 0.392. The molecule has 0 aliphatic heterocycles. The minimum absolute atomic E-state index is 0.607. The Balaban J connectivity index is 1.57. The fourth-order valence-corrected chi connectivity index (χ4v) is 4.14. The predicted octanol–water partition coefficient (Wildman–Crippen LogP) is 4.85. The van der Waals surface area contributed by atoms with E-state index in [1.54, 1.807) is 0 Å². The maximum absolute atomic E-state index is 5.83. The van der Waals surface area contributed by atoms with Gasteiger partial charge in [-0.2, -0.15) is 0 Å². The Morgan fingerprint density at radius 3 is 2.91 bits per heavy atom. The minimum Gasteiger partial charge on any atom is -0.361 e. The monoisotopic (exact) mass is 334 g/mol. The third kappa shape index (κ3) is 4.60. The van der Waals surface area contributed by atoms with Crippen LogP contribution in [0, 0.1) is 5.92 Å². The van der Waals surface area contributed by atoms with E-state index in [9.17, 15) is 0 Å². The number of nitrogens with zero attached hydrogens (tertiary/aromatic N) is 2. The first-order chi connectivity index (χ1) is 10.5. The first kappa shape index (κ1) is 16.1. The molecule has 0 aromatic carbocycles. The molecule has 0 spiro atoms. The summed E-state index contributed by atoms with van der Waals surface area (Å²) in [6.07, 6.45) is 6.91. The molecule has 0 N–H and O–H groups in total. The molecule has 1 saturated carbocycles. The van der Waals surface area contributed by atoms with Gasteiger partial charge in [0.05, 0.1) is 0 Å². The van der Waals surface area contributed by atoms with Gasteiger partial charge in [0.2, 0.25) is 0 Å². The van der Waals surface area contributed by atoms with Crippen LogP contribution in [-0.2, 0) is 11.5 Å². The van der Waals surface area contributed by atoms with Crippen molar-refractivity contribution in [1.82, 2.24) is 9.55 Å². The fourth-order valence-electron chi connectivity index (χ4n) is 2.28. The van der Waals surface area contributed by atoms with Gasteiger partial charge in [-0.25, -0.2) is 4.98 Å². The zero-order valence-corrected chi connectivity index (χ0v) is 15.7. The molecule has 1 aliphatic rings. The molecule has 2 aromatic rings. The number of ether oxygens (including phenoxy) is 1. The van der Waals surface area contributed by atoms with Crippen LogP contribution in [0.4, 0.5) is 0 Å². The lowest BCUT2D eigenvalue weighted by atomic mass is 10.3. The molecule has 2 heterocycles. The SMILES string of the molecule is C[Si](C)(C)CCOCn1ccc2cc(SCC3CC3)cnc21. The highest BCUT2D eigenvalue weighted by atomic mass is 32.2. The first-order valence-corrected chi connectivity index (χ1v) is 12.9. The summed E-state index contributed by atoms with van der Waals surface area (Å²) in [6.45, 7) is 8.59. The van der Waals surface area contributed by atoms with E-state index in [0.717, 1.165) is 18.2 Å². The van der Waals surface area contributed by atoms with Crippen molar-refractivity contribution in [2.45, 2.75) is 50.2 Å². The Labute approximate surface area is 138 Å². The van der Waals surface area contributed by atoms with Crippen molar-refractivity contribution >= 4 is 30.9 Å². The molecule has 2 aromatic heterocycles. The second-order valence-corrected chi connectivity index (χ2v) is 14.2. The van der Waals surface area contributed by atoms with Gasteiger partial charge in [-0.3, -0.25) is 0 Å². The first-order valence-electron chi connectivity index (χ1n) is 8.17. The lowest BCUT2D eigenvalue weighted by molar-refractivity contribution is 0.0899. The average molecular weight is 335 g/mol. The summed E-state index contributed by atoms with van der Waals surface area (Å²) in [6, 6.07) is 5.61. The zero-order valence-electron chi connectivity index (χ0n) is 13.8. The van der Waals surface area contributed by atoms with E-state index in [1.807, 2.05) is 18.0 Å². The highest BCUT2D eigenvalue weighted by Gasteiger charge is 2.21. The van der Waals surface area contributed by atoms with Crippen LogP contribution in [0.5, 0.6) is 0 Å². The van der Waals surface area contributed by atoms with Crippen molar-refractivity contribution in [3.63, 3.8) is 0 Å². The third-order valence-electron chi connectivity index (χ3n) is 3.99. The van der Waals surface area contributed by atoms with Crippen LogP contribution in [0.2, 0.25) is 25.7 Å². The number of hydrogen-bond donors (Lipinski definition) is 0. The fraction of sp³-hybridized carbons (Fsp3) is 0.588. The van der Waals surface area contributed by atoms with E-state index in [-0.39, 0.29) is 0 Å². The van der Waals surface area contributed by atoms with E-state index >= 15 is 0 Å². The van der Waals surface area contributed by atoms with Gasteiger partial charge in [0.15, 0.2) is 0 Å². The molecule has 0 bridgehead atoms. The predicted molar refractivity (Wildman–Crippen MR) is 97.3 cm³/mol. The molecule has 120 valence electrons. The second-order valence-electron chi connectivity index (χ2n) is 7.47. The number of rotatable bonds is 8. The molecule has 1 fully saturated rings. The highest BCUT2D eigenvalue weighted by Crippen LogP contribution is 2.35. The van der Waals surface area contributed by atoms with Gasteiger partial charge >= 0.3 is 0 Å². The Kier molecular flexibility index (Phi) is 4.95. The van der Waals surface area contributed by atoms with Gasteiger partial charge in [0.25, 0.3) is 0 Å². The average Bonchev–Trinajstić information content (AvgIpc) is 3.21. The van der Waals surface area contributed by atoms with Gasteiger partial charge in [0.1, 0.15) is 12.4 Å². The van der Waals surface area contributed by atoms with Gasteiger partial charge in [0, 0.05) is 43.1 Å². The summed E-state index contributed by atoms with van der Waals surface area (Å²) >= 11 is 1.94. The van der Waals surface area contributed by atoms with Crippen LogP contribution in [0.3, 0.4) is 0 Å². The molecular formula is C17H26N2OSSi. The number of fused-ring (bicyclic) bond motifs is 1. The summed E-state index contributed by atoms with van der Waals surface area (Å²) < 4.78 is 7.94. The van der Waals surface area contributed by atoms with Crippen molar-refractivity contribution in [1.29, 1.82) is 0 Å². The van der Waals surface area contributed by atoms with Crippen molar-refractivity contribution in [3.8, 4) is 0 Å². The normalized spacial score (nSPS) is 15.6. The molecule has 22 heavy (non-hydrogen) atoms.